The second-order valence-corrected chi connectivity index (χ2v) is 6.39. The quantitative estimate of drug-likeness (QED) is 0.377. The van der Waals surface area contributed by atoms with Crippen molar-refractivity contribution in [2.75, 3.05) is 6.61 Å². The summed E-state index contributed by atoms with van der Waals surface area (Å²) in [6.07, 6.45) is -5.85. The standard InChI is InChI=1S/C16H21BrO11/c1-7(18)16(27-11(5)22)15(26-10(4)21)14(25-9(3)20)13(24-8(2)19)12(28-16)6-23-17/h12-15H,6H2,1-5H3/t12-,13+,14+,15-,16?/m1/s1. The molecule has 1 saturated heterocycles. The second kappa shape index (κ2) is 9.94. The van der Waals surface area contributed by atoms with E-state index in [0.717, 1.165) is 34.6 Å². The predicted octanol–water partition coefficient (Wildman–Crippen LogP) is 0.355. The van der Waals surface area contributed by atoms with Crippen LogP contribution >= 0.6 is 16.3 Å². The molecule has 11 nitrogen and oxygen atoms in total. The zero-order valence-corrected chi connectivity index (χ0v) is 17.5. The molecule has 0 bridgehead atoms. The minimum atomic E-state index is -2.45. The van der Waals surface area contributed by atoms with Crippen LogP contribution in [0.5, 0.6) is 0 Å². The minimum Gasteiger partial charge on any atom is -0.456 e. The zero-order chi connectivity index (χ0) is 21.6. The first kappa shape index (κ1) is 24.0. The molecule has 0 aliphatic carbocycles. The SMILES string of the molecule is CC(=O)O[C@@H]1[C@H](OC(C)=O)[C@@H](OC(C)=O)C(OC(C)=O)(C(C)=O)O[C@@H]1COBr. The molecular weight excluding hydrogens is 448 g/mol. The van der Waals surface area contributed by atoms with Crippen LogP contribution in [0, 0.1) is 0 Å². The van der Waals surface area contributed by atoms with Gasteiger partial charge < -0.3 is 27.5 Å². The minimum absolute atomic E-state index is 0.307. The van der Waals surface area contributed by atoms with Crippen molar-refractivity contribution in [3.8, 4) is 0 Å². The third kappa shape index (κ3) is 5.72. The summed E-state index contributed by atoms with van der Waals surface area (Å²) in [6, 6.07) is 0. The average molecular weight is 469 g/mol. The molecule has 0 amide bonds. The van der Waals surface area contributed by atoms with Crippen molar-refractivity contribution in [1.29, 1.82) is 0 Å². The highest BCUT2D eigenvalue weighted by Gasteiger charge is 2.64. The van der Waals surface area contributed by atoms with Crippen LogP contribution in [-0.4, -0.2) is 66.5 Å². The fourth-order valence-corrected chi connectivity index (χ4v) is 3.04. The molecule has 5 atom stereocenters. The molecule has 0 aromatic heterocycles. The average Bonchev–Trinajstić information content (AvgIpc) is 2.52. The Morgan fingerprint density at radius 3 is 1.71 bits per heavy atom. The number of carbonyl (C=O) groups excluding carboxylic acids is 5. The number of rotatable bonds is 7. The first-order chi connectivity index (χ1) is 12.9. The first-order valence-corrected chi connectivity index (χ1v) is 8.73. The Labute approximate surface area is 169 Å². The van der Waals surface area contributed by atoms with E-state index < -0.39 is 59.9 Å². The smallest absolute Gasteiger partial charge is 0.315 e. The molecule has 1 unspecified atom stereocenters. The topological polar surface area (TPSA) is 141 Å². The number of esters is 4. The van der Waals surface area contributed by atoms with Gasteiger partial charge in [-0.3, -0.25) is 24.0 Å². The van der Waals surface area contributed by atoms with E-state index in [1.807, 2.05) is 0 Å². The molecule has 12 heteroatoms. The van der Waals surface area contributed by atoms with Crippen LogP contribution in [0.3, 0.4) is 0 Å². The number of carbonyl (C=O) groups is 5. The van der Waals surface area contributed by atoms with Crippen molar-refractivity contribution in [3.05, 3.63) is 0 Å². The summed E-state index contributed by atoms with van der Waals surface area (Å²) in [5.41, 5.74) is 0. The van der Waals surface area contributed by atoms with Crippen LogP contribution in [0.4, 0.5) is 0 Å². The Morgan fingerprint density at radius 1 is 0.821 bits per heavy atom. The summed E-state index contributed by atoms with van der Waals surface area (Å²) in [6.45, 7) is 4.91. The third-order valence-electron chi connectivity index (χ3n) is 3.60. The largest absolute Gasteiger partial charge is 0.456 e. The lowest BCUT2D eigenvalue weighted by Gasteiger charge is -2.48. The molecular formula is C16H21BrO11. The van der Waals surface area contributed by atoms with Gasteiger partial charge in [-0.1, -0.05) is 0 Å². The highest BCUT2D eigenvalue weighted by atomic mass is 79.9. The van der Waals surface area contributed by atoms with Gasteiger partial charge in [0, 0.05) is 34.6 Å². The lowest BCUT2D eigenvalue weighted by molar-refractivity contribution is -0.335. The Kier molecular flexibility index (Phi) is 8.51. The monoisotopic (exact) mass is 468 g/mol. The first-order valence-electron chi connectivity index (χ1n) is 8.08. The molecule has 1 aliphatic rings. The maximum atomic E-state index is 12.5. The van der Waals surface area contributed by atoms with Gasteiger partial charge in [0.1, 0.15) is 6.10 Å². The van der Waals surface area contributed by atoms with Crippen molar-refractivity contribution < 1.29 is 51.5 Å². The van der Waals surface area contributed by atoms with Crippen molar-refractivity contribution in [1.82, 2.24) is 0 Å². The fraction of sp³-hybridized carbons (Fsp3) is 0.688. The number of hydrogen-bond donors (Lipinski definition) is 0. The molecule has 0 N–H and O–H groups in total. The molecule has 0 saturated carbocycles. The second-order valence-electron chi connectivity index (χ2n) is 5.93. The van der Waals surface area contributed by atoms with E-state index in [1.165, 1.54) is 0 Å². The van der Waals surface area contributed by atoms with E-state index in [-0.39, 0.29) is 6.61 Å². The lowest BCUT2D eigenvalue weighted by Crippen LogP contribution is -2.71. The molecule has 0 aromatic carbocycles. The van der Waals surface area contributed by atoms with E-state index in [9.17, 15) is 24.0 Å². The van der Waals surface area contributed by atoms with Gasteiger partial charge in [0.2, 0.25) is 11.9 Å². The van der Waals surface area contributed by atoms with Crippen LogP contribution in [0.15, 0.2) is 0 Å². The molecule has 0 aromatic rings. The third-order valence-corrected chi connectivity index (χ3v) is 3.86. The Balaban J connectivity index is 3.63. The van der Waals surface area contributed by atoms with Crippen molar-refractivity contribution in [2.45, 2.75) is 64.8 Å². The van der Waals surface area contributed by atoms with Crippen LogP contribution in [0.25, 0.3) is 0 Å². The molecule has 0 radical (unpaired) electrons. The van der Waals surface area contributed by atoms with Gasteiger partial charge in [-0.25, -0.2) is 0 Å². The highest BCUT2D eigenvalue weighted by molar-refractivity contribution is 9.06. The van der Waals surface area contributed by atoms with Crippen molar-refractivity contribution >= 4 is 45.9 Å². The fourth-order valence-electron chi connectivity index (χ4n) is 2.78. The zero-order valence-electron chi connectivity index (χ0n) is 15.9. The number of Topliss-reactive ketones (excluding diaryl/α,β-unsaturated/α-hetero) is 1. The van der Waals surface area contributed by atoms with Crippen LogP contribution in [0.1, 0.15) is 34.6 Å². The molecule has 1 rings (SSSR count). The summed E-state index contributed by atoms with van der Waals surface area (Å²) in [5, 5.41) is 0. The Morgan fingerprint density at radius 2 is 1.32 bits per heavy atom. The maximum Gasteiger partial charge on any atom is 0.315 e. The van der Waals surface area contributed by atoms with Crippen LogP contribution in [-0.2, 0) is 51.5 Å². The molecule has 1 heterocycles. The Hall–Kier alpha value is -2.05. The van der Waals surface area contributed by atoms with E-state index in [1.54, 1.807) is 0 Å². The van der Waals surface area contributed by atoms with Crippen molar-refractivity contribution in [2.24, 2.45) is 0 Å². The van der Waals surface area contributed by atoms with Gasteiger partial charge in [0.05, 0.1) is 22.9 Å². The number of halogens is 1. The van der Waals surface area contributed by atoms with Crippen molar-refractivity contribution in [3.63, 3.8) is 0 Å². The van der Waals surface area contributed by atoms with E-state index in [0.29, 0.717) is 0 Å². The van der Waals surface area contributed by atoms with E-state index >= 15 is 0 Å². The van der Waals surface area contributed by atoms with Gasteiger partial charge in [-0.05, 0) is 0 Å². The van der Waals surface area contributed by atoms with E-state index in [4.69, 9.17) is 27.5 Å². The summed E-state index contributed by atoms with van der Waals surface area (Å²) < 4.78 is 31.1. The molecule has 1 aliphatic heterocycles. The van der Waals surface area contributed by atoms with Gasteiger partial charge in [-0.15, -0.1) is 0 Å². The lowest BCUT2D eigenvalue weighted by atomic mass is 9.89. The van der Waals surface area contributed by atoms with Gasteiger partial charge in [-0.2, -0.15) is 0 Å². The Bertz CT molecular complexity index is 649. The summed E-state index contributed by atoms with van der Waals surface area (Å²) >= 11 is 2.72. The predicted molar refractivity (Wildman–Crippen MR) is 91.6 cm³/mol. The molecule has 0 spiro atoms. The molecule has 1 fully saturated rings. The molecule has 28 heavy (non-hydrogen) atoms. The number of hydrogen-bond acceptors (Lipinski definition) is 11. The molecule has 158 valence electrons. The summed E-state index contributed by atoms with van der Waals surface area (Å²) in [7, 11) is 0. The number of ether oxygens (including phenoxy) is 5. The van der Waals surface area contributed by atoms with Gasteiger partial charge >= 0.3 is 29.7 Å². The summed E-state index contributed by atoms with van der Waals surface area (Å²) in [5.74, 6) is -6.73. The number of ketones is 1. The van der Waals surface area contributed by atoms with Crippen LogP contribution in [0.2, 0.25) is 0 Å². The van der Waals surface area contributed by atoms with Crippen LogP contribution < -0.4 is 0 Å². The van der Waals surface area contributed by atoms with Gasteiger partial charge in [0.15, 0.2) is 12.2 Å². The maximum absolute atomic E-state index is 12.5. The van der Waals surface area contributed by atoms with E-state index in [2.05, 4.69) is 16.3 Å². The van der Waals surface area contributed by atoms with Gasteiger partial charge in [0.25, 0.3) is 0 Å². The summed E-state index contributed by atoms with van der Waals surface area (Å²) in [4.78, 5) is 59.0. The normalized spacial score (nSPS) is 29.4. The highest BCUT2D eigenvalue weighted by Crippen LogP contribution is 2.38.